The van der Waals surface area contributed by atoms with Gasteiger partial charge in [0, 0.05) is 17.0 Å². The third kappa shape index (κ3) is 3.56. The van der Waals surface area contributed by atoms with Crippen LogP contribution in [0.1, 0.15) is 17.4 Å². The van der Waals surface area contributed by atoms with Crippen LogP contribution in [0.2, 0.25) is 0 Å². The smallest absolute Gasteiger partial charge is 0.325 e. The quantitative estimate of drug-likeness (QED) is 0.651. The molecule has 0 saturated carbocycles. The van der Waals surface area contributed by atoms with Crippen LogP contribution in [0.15, 0.2) is 54.7 Å². The summed E-state index contributed by atoms with van der Waals surface area (Å²) in [5, 5.41) is 22.5. The molecule has 1 atom stereocenters. The Morgan fingerprint density at radius 2 is 1.85 bits per heavy atom. The average Bonchev–Trinajstić information content (AvgIpc) is 2.62. The molecule has 0 bridgehead atoms. The number of hydrogen-bond acceptors (Lipinski definition) is 5. The molecule has 7 nitrogen and oxygen atoms in total. The van der Waals surface area contributed by atoms with Crippen LogP contribution in [0.3, 0.4) is 0 Å². The van der Waals surface area contributed by atoms with Gasteiger partial charge < -0.3 is 20.3 Å². The van der Waals surface area contributed by atoms with Gasteiger partial charge in [-0.25, -0.2) is 4.98 Å². The minimum absolute atomic E-state index is 0.234. The highest BCUT2D eigenvalue weighted by molar-refractivity contribution is 6.02. The number of carboxylic acid groups (broad SMARTS) is 1. The van der Waals surface area contributed by atoms with Crippen molar-refractivity contribution in [1.29, 1.82) is 0 Å². The number of ether oxygens (including phenoxy) is 1. The monoisotopic (exact) mass is 352 g/mol. The zero-order chi connectivity index (χ0) is 18.7. The summed E-state index contributed by atoms with van der Waals surface area (Å²) in [6.07, 6.45) is 1.42. The van der Waals surface area contributed by atoms with E-state index in [1.54, 1.807) is 18.2 Å². The lowest BCUT2D eigenvalue weighted by Gasteiger charge is -2.11. The molecule has 0 unspecified atom stereocenters. The van der Waals surface area contributed by atoms with Gasteiger partial charge in [-0.3, -0.25) is 9.59 Å². The molecule has 3 N–H and O–H groups in total. The molecule has 0 aliphatic heterocycles. The topological polar surface area (TPSA) is 109 Å². The first kappa shape index (κ1) is 17.2. The minimum Gasteiger partial charge on any atom is -0.505 e. The maximum Gasteiger partial charge on any atom is 0.325 e. The molecule has 1 amide bonds. The van der Waals surface area contributed by atoms with Gasteiger partial charge in [0.1, 0.15) is 17.5 Å². The summed E-state index contributed by atoms with van der Waals surface area (Å²) in [5.41, 5.74) is -0.234. The van der Waals surface area contributed by atoms with Gasteiger partial charge in [-0.15, -0.1) is 0 Å². The molecule has 0 aliphatic carbocycles. The molecule has 7 heteroatoms. The van der Waals surface area contributed by atoms with Crippen molar-refractivity contribution in [3.05, 3.63) is 60.4 Å². The first-order chi connectivity index (χ1) is 12.5. The number of benzene rings is 2. The van der Waals surface area contributed by atoms with Gasteiger partial charge in [0.25, 0.3) is 5.91 Å². The van der Waals surface area contributed by atoms with E-state index >= 15 is 0 Å². The number of aromatic hydroxyl groups is 1. The lowest BCUT2D eigenvalue weighted by Crippen LogP contribution is -2.38. The summed E-state index contributed by atoms with van der Waals surface area (Å²) >= 11 is 0. The molecule has 1 heterocycles. The number of amides is 1. The van der Waals surface area contributed by atoms with Crippen LogP contribution in [-0.4, -0.2) is 33.1 Å². The summed E-state index contributed by atoms with van der Waals surface area (Å²) in [4.78, 5) is 26.9. The predicted octanol–water partition coefficient (Wildman–Crippen LogP) is 2.94. The van der Waals surface area contributed by atoms with E-state index in [9.17, 15) is 14.7 Å². The Bertz CT molecular complexity index is 972. The second-order valence-electron chi connectivity index (χ2n) is 5.65. The summed E-state index contributed by atoms with van der Waals surface area (Å²) in [6, 6.07) is 13.1. The van der Waals surface area contributed by atoms with Crippen LogP contribution in [0.25, 0.3) is 10.8 Å². The molecule has 3 rings (SSSR count). The Kier molecular flexibility index (Phi) is 4.70. The molecule has 3 aromatic rings. The van der Waals surface area contributed by atoms with Gasteiger partial charge in [-0.2, -0.15) is 0 Å². The molecule has 0 aliphatic rings. The molecular formula is C19H16N2O5. The van der Waals surface area contributed by atoms with Crippen molar-refractivity contribution >= 4 is 22.6 Å². The molecule has 0 saturated heterocycles. The second kappa shape index (κ2) is 7.10. The van der Waals surface area contributed by atoms with Gasteiger partial charge in [0.05, 0.1) is 0 Å². The van der Waals surface area contributed by atoms with Gasteiger partial charge in [0.2, 0.25) is 0 Å². The molecule has 0 radical (unpaired) electrons. The van der Waals surface area contributed by atoms with Gasteiger partial charge in [0.15, 0.2) is 11.4 Å². The molecular weight excluding hydrogens is 336 g/mol. The predicted molar refractivity (Wildman–Crippen MR) is 94.5 cm³/mol. The van der Waals surface area contributed by atoms with E-state index in [1.807, 2.05) is 30.3 Å². The molecule has 0 spiro atoms. The van der Waals surface area contributed by atoms with E-state index in [4.69, 9.17) is 9.84 Å². The Morgan fingerprint density at radius 3 is 2.54 bits per heavy atom. The molecule has 26 heavy (non-hydrogen) atoms. The van der Waals surface area contributed by atoms with Crippen LogP contribution in [0, 0.1) is 0 Å². The number of rotatable bonds is 5. The number of aliphatic carboxylic acids is 1. The zero-order valence-electron chi connectivity index (χ0n) is 13.8. The highest BCUT2D eigenvalue weighted by Gasteiger charge is 2.20. The fourth-order valence-electron chi connectivity index (χ4n) is 2.37. The first-order valence-corrected chi connectivity index (χ1v) is 7.84. The van der Waals surface area contributed by atoms with E-state index < -0.39 is 17.9 Å². The molecule has 132 valence electrons. The van der Waals surface area contributed by atoms with Crippen molar-refractivity contribution in [3.8, 4) is 17.2 Å². The third-order valence-electron chi connectivity index (χ3n) is 3.75. The summed E-state index contributed by atoms with van der Waals surface area (Å²) in [7, 11) is 0. The lowest BCUT2D eigenvalue weighted by atomic mass is 10.1. The molecule has 1 aromatic heterocycles. The first-order valence-electron chi connectivity index (χ1n) is 7.84. The fourth-order valence-corrected chi connectivity index (χ4v) is 2.37. The average molecular weight is 352 g/mol. The van der Waals surface area contributed by atoms with Crippen molar-refractivity contribution in [2.45, 2.75) is 13.0 Å². The number of hydrogen-bond donors (Lipinski definition) is 3. The number of nitrogens with one attached hydrogen (secondary N) is 1. The fraction of sp³-hybridized carbons (Fsp3) is 0.105. The third-order valence-corrected chi connectivity index (χ3v) is 3.75. The SMILES string of the molecule is C[C@H](NC(=O)c1ncc2cc(Oc3ccccc3)ccc2c1O)C(=O)O. The van der Waals surface area contributed by atoms with Crippen LogP contribution in [-0.2, 0) is 4.79 Å². The number of pyridine rings is 1. The van der Waals surface area contributed by atoms with Crippen molar-refractivity contribution in [2.24, 2.45) is 0 Å². The van der Waals surface area contributed by atoms with E-state index in [2.05, 4.69) is 10.3 Å². The number of nitrogens with zero attached hydrogens (tertiary/aromatic N) is 1. The van der Waals surface area contributed by atoms with Crippen LogP contribution in [0.4, 0.5) is 0 Å². The highest BCUT2D eigenvalue weighted by atomic mass is 16.5. The van der Waals surface area contributed by atoms with Crippen molar-refractivity contribution in [3.63, 3.8) is 0 Å². The van der Waals surface area contributed by atoms with Crippen LogP contribution < -0.4 is 10.1 Å². The largest absolute Gasteiger partial charge is 0.505 e. The molecule has 0 fully saturated rings. The number of carbonyl (C=O) groups excluding carboxylic acids is 1. The Labute approximate surface area is 148 Å². The number of para-hydroxylation sites is 1. The van der Waals surface area contributed by atoms with Crippen molar-refractivity contribution < 1.29 is 24.5 Å². The summed E-state index contributed by atoms with van der Waals surface area (Å²) < 4.78 is 5.73. The number of fused-ring (bicyclic) bond motifs is 1. The number of aromatic nitrogens is 1. The summed E-state index contributed by atoms with van der Waals surface area (Å²) in [6.45, 7) is 1.32. The van der Waals surface area contributed by atoms with Gasteiger partial charge >= 0.3 is 5.97 Å². The zero-order valence-corrected chi connectivity index (χ0v) is 13.8. The van der Waals surface area contributed by atoms with Crippen LogP contribution >= 0.6 is 0 Å². The maximum atomic E-state index is 12.1. The van der Waals surface area contributed by atoms with E-state index in [0.717, 1.165) is 0 Å². The van der Waals surface area contributed by atoms with Gasteiger partial charge in [-0.1, -0.05) is 18.2 Å². The number of carbonyl (C=O) groups is 2. The van der Waals surface area contributed by atoms with E-state index in [0.29, 0.717) is 22.3 Å². The molecule has 2 aromatic carbocycles. The number of carboxylic acids is 1. The highest BCUT2D eigenvalue weighted by Crippen LogP contribution is 2.31. The van der Waals surface area contributed by atoms with Gasteiger partial charge in [-0.05, 0) is 37.3 Å². The Balaban J connectivity index is 1.89. The van der Waals surface area contributed by atoms with E-state index in [-0.39, 0.29) is 11.4 Å². The standard InChI is InChI=1S/C19H16N2O5/c1-11(19(24)25)21-18(23)16-17(22)15-8-7-14(9-12(15)10-20-16)26-13-5-3-2-4-6-13/h2-11,22H,1H3,(H,21,23)(H,24,25)/t11-/m0/s1. The second-order valence-corrected chi connectivity index (χ2v) is 5.65. The maximum absolute atomic E-state index is 12.1. The summed E-state index contributed by atoms with van der Waals surface area (Å²) in [5.74, 6) is -1.03. The van der Waals surface area contributed by atoms with Crippen molar-refractivity contribution in [2.75, 3.05) is 0 Å². The van der Waals surface area contributed by atoms with E-state index in [1.165, 1.54) is 13.1 Å². The van der Waals surface area contributed by atoms with Crippen LogP contribution in [0.5, 0.6) is 17.2 Å². The Morgan fingerprint density at radius 1 is 1.12 bits per heavy atom. The normalized spacial score (nSPS) is 11.7. The minimum atomic E-state index is -1.18. The lowest BCUT2D eigenvalue weighted by molar-refractivity contribution is -0.138. The Hall–Kier alpha value is -3.61. The van der Waals surface area contributed by atoms with Crippen molar-refractivity contribution in [1.82, 2.24) is 10.3 Å².